The molecule has 2 fully saturated rings. The van der Waals surface area contributed by atoms with Gasteiger partial charge in [0.2, 0.25) is 0 Å². The van der Waals surface area contributed by atoms with Crippen molar-refractivity contribution < 1.29 is 18.7 Å². The van der Waals surface area contributed by atoms with Gasteiger partial charge >= 0.3 is 0 Å². The van der Waals surface area contributed by atoms with Crippen molar-refractivity contribution in [2.75, 3.05) is 32.9 Å². The zero-order chi connectivity index (χ0) is 17.9. The number of carbonyl (C=O) groups is 1. The number of halogens is 1. The summed E-state index contributed by atoms with van der Waals surface area (Å²) in [5.41, 5.74) is 0.886. The van der Waals surface area contributed by atoms with Crippen LogP contribution < -0.4 is 0 Å². The number of hydrogen-bond acceptors (Lipinski definition) is 3. The number of nitrogens with zero attached hydrogens (tertiary/aromatic N) is 1. The average Bonchev–Trinajstić information content (AvgIpc) is 3.00. The van der Waals surface area contributed by atoms with Gasteiger partial charge in [-0.05, 0) is 63.1 Å². The number of amides is 1. The van der Waals surface area contributed by atoms with Gasteiger partial charge in [-0.15, -0.1) is 0 Å². The van der Waals surface area contributed by atoms with Crippen LogP contribution in [0.1, 0.15) is 48.5 Å². The SMILES string of the molecule is CCOCC[C@@H]1CCOC12CCN(C(=O)c1ccc(C)c(F)c1)CC2. The first kappa shape index (κ1) is 18.3. The molecular formula is C20H28FNO3. The number of rotatable bonds is 5. The minimum atomic E-state index is -0.325. The lowest BCUT2D eigenvalue weighted by Crippen LogP contribution is -2.49. The molecule has 4 nitrogen and oxygen atoms in total. The molecule has 1 amide bonds. The van der Waals surface area contributed by atoms with Crippen LogP contribution in [0.5, 0.6) is 0 Å². The van der Waals surface area contributed by atoms with Gasteiger partial charge in [-0.1, -0.05) is 6.07 Å². The Morgan fingerprint density at radius 3 is 2.84 bits per heavy atom. The number of likely N-dealkylation sites (tertiary alicyclic amines) is 1. The Bertz CT molecular complexity index is 611. The first-order chi connectivity index (χ1) is 12.1. The topological polar surface area (TPSA) is 38.8 Å². The van der Waals surface area contributed by atoms with Crippen molar-refractivity contribution in [3.05, 3.63) is 35.1 Å². The van der Waals surface area contributed by atoms with Crippen LogP contribution in [0.3, 0.4) is 0 Å². The molecule has 0 radical (unpaired) electrons. The molecule has 0 aliphatic carbocycles. The van der Waals surface area contributed by atoms with Crippen molar-refractivity contribution in [3.8, 4) is 0 Å². The molecule has 138 valence electrons. The molecule has 5 heteroatoms. The van der Waals surface area contributed by atoms with Crippen molar-refractivity contribution in [3.63, 3.8) is 0 Å². The third-order valence-corrected chi connectivity index (χ3v) is 5.73. The summed E-state index contributed by atoms with van der Waals surface area (Å²) in [5.74, 6) is 0.0974. The molecule has 2 aliphatic rings. The predicted octanol–water partition coefficient (Wildman–Crippen LogP) is 3.57. The van der Waals surface area contributed by atoms with E-state index in [-0.39, 0.29) is 17.3 Å². The summed E-state index contributed by atoms with van der Waals surface area (Å²) in [6, 6.07) is 4.72. The van der Waals surface area contributed by atoms with E-state index in [9.17, 15) is 9.18 Å². The van der Waals surface area contributed by atoms with Crippen LogP contribution in [0.25, 0.3) is 0 Å². The molecule has 0 aromatic heterocycles. The molecule has 1 aromatic carbocycles. The highest BCUT2D eigenvalue weighted by Crippen LogP contribution is 2.42. The van der Waals surface area contributed by atoms with E-state index in [2.05, 4.69) is 0 Å². The fourth-order valence-corrected chi connectivity index (χ4v) is 4.11. The molecule has 2 aliphatic heterocycles. The van der Waals surface area contributed by atoms with Crippen LogP contribution in [0.2, 0.25) is 0 Å². The zero-order valence-corrected chi connectivity index (χ0v) is 15.2. The predicted molar refractivity (Wildman–Crippen MR) is 94.2 cm³/mol. The largest absolute Gasteiger partial charge is 0.382 e. The van der Waals surface area contributed by atoms with Gasteiger partial charge < -0.3 is 14.4 Å². The molecular weight excluding hydrogens is 321 g/mol. The van der Waals surface area contributed by atoms with Crippen molar-refractivity contribution in [1.82, 2.24) is 4.90 Å². The number of hydrogen-bond donors (Lipinski definition) is 0. The van der Waals surface area contributed by atoms with Crippen LogP contribution >= 0.6 is 0 Å². The first-order valence-corrected chi connectivity index (χ1v) is 9.33. The van der Waals surface area contributed by atoms with E-state index in [1.54, 1.807) is 19.1 Å². The molecule has 0 unspecified atom stereocenters. The summed E-state index contributed by atoms with van der Waals surface area (Å²) in [7, 11) is 0. The van der Waals surface area contributed by atoms with Gasteiger partial charge in [0.05, 0.1) is 5.60 Å². The normalized spacial score (nSPS) is 22.5. The number of piperidine rings is 1. The summed E-state index contributed by atoms with van der Waals surface area (Å²) in [6.45, 7) is 7.37. The maximum Gasteiger partial charge on any atom is 0.253 e. The Labute approximate surface area is 149 Å². The molecule has 3 rings (SSSR count). The van der Waals surface area contributed by atoms with Crippen molar-refractivity contribution in [2.45, 2.75) is 45.1 Å². The van der Waals surface area contributed by atoms with Crippen molar-refractivity contribution in [2.24, 2.45) is 5.92 Å². The highest BCUT2D eigenvalue weighted by Gasteiger charge is 2.46. The fraction of sp³-hybridized carbons (Fsp3) is 0.650. The molecule has 2 saturated heterocycles. The van der Waals surface area contributed by atoms with Crippen LogP contribution in [0.15, 0.2) is 18.2 Å². The van der Waals surface area contributed by atoms with E-state index in [4.69, 9.17) is 9.47 Å². The third kappa shape index (κ3) is 3.87. The highest BCUT2D eigenvalue weighted by atomic mass is 19.1. The van der Waals surface area contributed by atoms with Gasteiger partial charge in [-0.2, -0.15) is 0 Å². The summed E-state index contributed by atoms with van der Waals surface area (Å²) >= 11 is 0. The van der Waals surface area contributed by atoms with E-state index in [1.807, 2.05) is 11.8 Å². The third-order valence-electron chi connectivity index (χ3n) is 5.73. The maximum atomic E-state index is 13.7. The maximum absolute atomic E-state index is 13.7. The Hall–Kier alpha value is -1.46. The van der Waals surface area contributed by atoms with Gasteiger partial charge in [-0.3, -0.25) is 4.79 Å². The molecule has 1 aromatic rings. The molecule has 2 heterocycles. The summed E-state index contributed by atoms with van der Waals surface area (Å²) < 4.78 is 25.4. The number of benzene rings is 1. The van der Waals surface area contributed by atoms with Crippen molar-refractivity contribution in [1.29, 1.82) is 0 Å². The Kier molecular flexibility index (Phi) is 5.74. The van der Waals surface area contributed by atoms with Gasteiger partial charge in [0.25, 0.3) is 5.91 Å². The van der Waals surface area contributed by atoms with Gasteiger partial charge in [-0.25, -0.2) is 4.39 Å². The quantitative estimate of drug-likeness (QED) is 0.763. The lowest BCUT2D eigenvalue weighted by molar-refractivity contribution is -0.0669. The minimum Gasteiger partial charge on any atom is -0.382 e. The number of aryl methyl sites for hydroxylation is 1. The molecule has 25 heavy (non-hydrogen) atoms. The summed E-state index contributed by atoms with van der Waals surface area (Å²) in [6.07, 6.45) is 3.79. The molecule has 0 saturated carbocycles. The Balaban J connectivity index is 1.60. The number of ether oxygens (including phenoxy) is 2. The molecule has 1 spiro atoms. The van der Waals surface area contributed by atoms with Gasteiger partial charge in [0.15, 0.2) is 0 Å². The fourth-order valence-electron chi connectivity index (χ4n) is 4.11. The zero-order valence-electron chi connectivity index (χ0n) is 15.2. The second-order valence-corrected chi connectivity index (χ2v) is 7.14. The Morgan fingerprint density at radius 1 is 1.40 bits per heavy atom. The van der Waals surface area contributed by atoms with Crippen LogP contribution in [0, 0.1) is 18.7 Å². The monoisotopic (exact) mass is 349 g/mol. The van der Waals surface area contributed by atoms with Crippen LogP contribution in [-0.2, 0) is 9.47 Å². The molecule has 1 atom stereocenters. The van der Waals surface area contributed by atoms with Crippen molar-refractivity contribution >= 4 is 5.91 Å². The van der Waals surface area contributed by atoms with E-state index in [0.717, 1.165) is 45.5 Å². The summed E-state index contributed by atoms with van der Waals surface area (Å²) in [5, 5.41) is 0. The molecule has 0 N–H and O–H groups in total. The minimum absolute atomic E-state index is 0.0855. The van der Waals surface area contributed by atoms with E-state index in [0.29, 0.717) is 30.1 Å². The average molecular weight is 349 g/mol. The second-order valence-electron chi connectivity index (χ2n) is 7.14. The van der Waals surface area contributed by atoms with E-state index >= 15 is 0 Å². The first-order valence-electron chi connectivity index (χ1n) is 9.33. The lowest BCUT2D eigenvalue weighted by Gasteiger charge is -2.42. The number of carbonyl (C=O) groups excluding carboxylic acids is 1. The van der Waals surface area contributed by atoms with Crippen LogP contribution in [0.4, 0.5) is 4.39 Å². The second kappa shape index (κ2) is 7.83. The smallest absolute Gasteiger partial charge is 0.253 e. The van der Waals surface area contributed by atoms with E-state index in [1.165, 1.54) is 6.07 Å². The Morgan fingerprint density at radius 2 is 2.16 bits per heavy atom. The van der Waals surface area contributed by atoms with Crippen LogP contribution in [-0.4, -0.2) is 49.3 Å². The van der Waals surface area contributed by atoms with Gasteiger partial charge in [0.1, 0.15) is 5.82 Å². The standard InChI is InChI=1S/C20H28FNO3/c1-3-24-12-6-17-7-13-25-20(17)8-10-22(11-9-20)19(23)16-5-4-15(2)18(21)14-16/h4-5,14,17H,3,6-13H2,1-2H3/t17-/m1/s1. The summed E-state index contributed by atoms with van der Waals surface area (Å²) in [4.78, 5) is 14.5. The molecule has 0 bridgehead atoms. The van der Waals surface area contributed by atoms with E-state index < -0.39 is 0 Å². The van der Waals surface area contributed by atoms with Gasteiger partial charge in [0, 0.05) is 38.5 Å². The lowest BCUT2D eigenvalue weighted by atomic mass is 9.78. The highest BCUT2D eigenvalue weighted by molar-refractivity contribution is 5.94.